The molecule has 1 rings (SSSR count). The first kappa shape index (κ1) is 59.4. The molecule has 0 saturated carbocycles. The van der Waals surface area contributed by atoms with Crippen LogP contribution in [0.2, 0.25) is 0 Å². The van der Waals surface area contributed by atoms with E-state index in [9.17, 15) is 58.5 Å². The summed E-state index contributed by atoms with van der Waals surface area (Å²) in [4.78, 5) is 125. The van der Waals surface area contributed by atoms with Gasteiger partial charge in [0.2, 0.25) is 47.3 Å². The summed E-state index contributed by atoms with van der Waals surface area (Å²) in [5, 5.41) is 47.7. The Morgan fingerprint density at radius 3 is 1.63 bits per heavy atom. The molecule has 382 valence electrons. The van der Waals surface area contributed by atoms with E-state index in [0.717, 1.165) is 0 Å². The number of carboxylic acids is 1. The van der Waals surface area contributed by atoms with Gasteiger partial charge in [-0.1, -0.05) is 48.0 Å². The molecule has 8 amide bonds. The molecule has 1 aliphatic rings. The molecule has 0 unspecified atom stereocenters. The van der Waals surface area contributed by atoms with Gasteiger partial charge in [-0.3, -0.25) is 48.1 Å². The summed E-state index contributed by atoms with van der Waals surface area (Å²) < 4.78 is 0. The number of carbonyl (C=O) groups excluding carboxylic acids is 8. The summed E-state index contributed by atoms with van der Waals surface area (Å²) in [7, 11) is 0. The SMILES string of the molecule is CC[C@H](C)[C@H](NC(=O)[C@@H](NC(=O)[C@H](CCCN=C(N)N)NC(=O)[C@H](CC(C)C)NC(=O)[C@H](CC(C)C)NC(=O)[C@H](C)NC(=O)[C@@H](N)[C@@H](C)O)[C@@H](C)O)C(=O)N1CCC[C@H]1C(=O)N[C@@H](C)C(=O)O. The van der Waals surface area contributed by atoms with Gasteiger partial charge in [0.1, 0.15) is 54.4 Å². The Morgan fingerprint density at radius 1 is 0.642 bits per heavy atom. The summed E-state index contributed by atoms with van der Waals surface area (Å²) >= 11 is 0. The number of likely N-dealkylation sites (tertiary alicyclic amines) is 1. The molecule has 67 heavy (non-hydrogen) atoms. The Bertz CT molecular complexity index is 1740. The Kier molecular flexibility index (Phi) is 25.3. The van der Waals surface area contributed by atoms with Crippen LogP contribution in [0.25, 0.3) is 0 Å². The second-order valence-corrected chi connectivity index (χ2v) is 18.2. The van der Waals surface area contributed by atoms with Crippen molar-refractivity contribution < 1.29 is 58.5 Å². The van der Waals surface area contributed by atoms with Gasteiger partial charge in [-0.05, 0) is 84.0 Å². The number of aliphatic hydroxyl groups is 2. The zero-order valence-electron chi connectivity index (χ0n) is 40.6. The number of hydrogen-bond donors (Lipinski definition) is 13. The lowest BCUT2D eigenvalue weighted by atomic mass is 9.96. The summed E-state index contributed by atoms with van der Waals surface area (Å²) in [5.74, 6) is -8.49. The summed E-state index contributed by atoms with van der Waals surface area (Å²) in [6.07, 6.45) is -1.39. The number of aliphatic imine (C=N–C) groups is 1. The zero-order chi connectivity index (χ0) is 51.5. The van der Waals surface area contributed by atoms with E-state index in [2.05, 4.69) is 42.2 Å². The van der Waals surface area contributed by atoms with Gasteiger partial charge in [-0.25, -0.2) is 0 Å². The molecule has 0 spiro atoms. The lowest BCUT2D eigenvalue weighted by Crippen LogP contribution is -2.62. The molecule has 16 N–H and O–H groups in total. The van der Waals surface area contributed by atoms with E-state index < -0.39 is 126 Å². The van der Waals surface area contributed by atoms with Crippen molar-refractivity contribution in [3.63, 3.8) is 0 Å². The highest BCUT2D eigenvalue weighted by atomic mass is 16.4. The lowest BCUT2D eigenvalue weighted by Gasteiger charge is -2.33. The number of nitrogens with zero attached hydrogens (tertiary/aromatic N) is 2. The number of nitrogens with one attached hydrogen (secondary N) is 7. The number of hydrogen-bond acceptors (Lipinski definition) is 13. The van der Waals surface area contributed by atoms with E-state index in [1.54, 1.807) is 27.7 Å². The summed E-state index contributed by atoms with van der Waals surface area (Å²) in [5.41, 5.74) is 16.7. The standard InChI is InChI=1S/C43H78N12O12/c1-11-22(6)32(41(65)55-17-13-15-30(55)38(62)49-24(8)42(66)67)53-40(64)33(26(10)57)54-35(59)27(14-12-16-47-43(45)46)50-36(60)29(19-21(4)5)52-37(61)28(18-20(2)3)51-34(58)23(7)48-39(63)31(44)25(9)56/h20-33,56-57H,11-19,44H2,1-10H3,(H,48,63)(H,49,62)(H,50,60)(H,51,58)(H,52,61)(H,53,64)(H,54,59)(H,66,67)(H4,45,46,47)/t22-,23-,24-,25+,26+,27-,28-,29-,30-,31-,32-,33-/m0/s1. The highest BCUT2D eigenvalue weighted by Gasteiger charge is 2.41. The molecule has 1 saturated heterocycles. The first-order valence-electron chi connectivity index (χ1n) is 23.0. The Balaban J connectivity index is 3.43. The molecule has 0 aromatic carbocycles. The van der Waals surface area contributed by atoms with Crippen LogP contribution < -0.4 is 54.4 Å². The Hall–Kier alpha value is -5.62. The molecule has 0 bridgehead atoms. The third kappa shape index (κ3) is 20.0. The molecule has 1 aliphatic heterocycles. The van der Waals surface area contributed by atoms with Crippen LogP contribution in [-0.4, -0.2) is 159 Å². The van der Waals surface area contributed by atoms with E-state index >= 15 is 0 Å². The molecule has 1 fully saturated rings. The first-order chi connectivity index (χ1) is 31.1. The van der Waals surface area contributed by atoms with Crippen molar-refractivity contribution in [2.75, 3.05) is 13.1 Å². The van der Waals surface area contributed by atoms with Crippen LogP contribution in [0.4, 0.5) is 0 Å². The minimum Gasteiger partial charge on any atom is -0.480 e. The fourth-order valence-electron chi connectivity index (χ4n) is 7.05. The van der Waals surface area contributed by atoms with Crippen molar-refractivity contribution in [3.8, 4) is 0 Å². The number of aliphatic hydroxyl groups excluding tert-OH is 2. The van der Waals surface area contributed by atoms with Crippen molar-refractivity contribution in [3.05, 3.63) is 0 Å². The molecule has 0 aromatic rings. The zero-order valence-corrected chi connectivity index (χ0v) is 40.6. The molecule has 0 aliphatic carbocycles. The number of nitrogens with two attached hydrogens (primary N) is 3. The molecular weight excluding hydrogens is 877 g/mol. The molecule has 24 heteroatoms. The van der Waals surface area contributed by atoms with Crippen LogP contribution in [-0.2, 0) is 43.2 Å². The minimum absolute atomic E-state index is 0.0400. The smallest absolute Gasteiger partial charge is 0.325 e. The van der Waals surface area contributed by atoms with E-state index in [-0.39, 0.29) is 63.0 Å². The minimum atomic E-state index is -1.67. The van der Waals surface area contributed by atoms with Gasteiger partial charge < -0.3 is 74.6 Å². The molecule has 0 aromatic heterocycles. The molecule has 0 radical (unpaired) electrons. The van der Waals surface area contributed by atoms with Gasteiger partial charge in [0.25, 0.3) is 0 Å². The number of guanidine groups is 1. The second kappa shape index (κ2) is 28.5. The van der Waals surface area contributed by atoms with E-state index in [1.165, 1.54) is 32.6 Å². The van der Waals surface area contributed by atoms with E-state index in [1.807, 2.05) is 13.8 Å². The average Bonchev–Trinajstić information content (AvgIpc) is 3.74. The quantitative estimate of drug-likeness (QED) is 0.0208. The normalized spacial score (nSPS) is 18.6. The maximum atomic E-state index is 14.1. The average molecular weight is 955 g/mol. The Labute approximate surface area is 392 Å². The van der Waals surface area contributed by atoms with Crippen LogP contribution in [0.15, 0.2) is 4.99 Å². The monoisotopic (exact) mass is 955 g/mol. The summed E-state index contributed by atoms with van der Waals surface area (Å²) in [6, 6.07) is -11.4. The third-order valence-electron chi connectivity index (χ3n) is 11.2. The highest BCUT2D eigenvalue weighted by molar-refractivity contribution is 5.98. The highest BCUT2D eigenvalue weighted by Crippen LogP contribution is 2.22. The predicted octanol–water partition coefficient (Wildman–Crippen LogP) is -3.22. The van der Waals surface area contributed by atoms with Crippen molar-refractivity contribution >= 4 is 59.2 Å². The van der Waals surface area contributed by atoms with Gasteiger partial charge in [0.15, 0.2) is 5.96 Å². The molecule has 24 nitrogen and oxygen atoms in total. The van der Waals surface area contributed by atoms with Crippen LogP contribution in [0.5, 0.6) is 0 Å². The first-order valence-corrected chi connectivity index (χ1v) is 23.0. The van der Waals surface area contributed by atoms with Crippen LogP contribution in [0, 0.1) is 17.8 Å². The van der Waals surface area contributed by atoms with Crippen molar-refractivity contribution in [2.45, 2.75) is 181 Å². The van der Waals surface area contributed by atoms with Crippen molar-refractivity contribution in [2.24, 2.45) is 39.9 Å². The predicted molar refractivity (Wildman–Crippen MR) is 247 cm³/mol. The van der Waals surface area contributed by atoms with E-state index in [4.69, 9.17) is 17.2 Å². The number of carbonyl (C=O) groups is 9. The van der Waals surface area contributed by atoms with Crippen molar-refractivity contribution in [1.29, 1.82) is 0 Å². The van der Waals surface area contributed by atoms with Gasteiger partial charge in [0, 0.05) is 13.1 Å². The van der Waals surface area contributed by atoms with Gasteiger partial charge >= 0.3 is 5.97 Å². The number of carboxylic acid groups (broad SMARTS) is 1. The van der Waals surface area contributed by atoms with Gasteiger partial charge in [-0.2, -0.15) is 0 Å². The lowest BCUT2D eigenvalue weighted by molar-refractivity contribution is -0.145. The van der Waals surface area contributed by atoms with Crippen LogP contribution in [0.3, 0.4) is 0 Å². The van der Waals surface area contributed by atoms with E-state index in [0.29, 0.717) is 12.8 Å². The van der Waals surface area contributed by atoms with Crippen LogP contribution >= 0.6 is 0 Å². The van der Waals surface area contributed by atoms with Gasteiger partial charge in [-0.15, -0.1) is 0 Å². The third-order valence-corrected chi connectivity index (χ3v) is 11.2. The number of amides is 8. The maximum Gasteiger partial charge on any atom is 0.325 e. The van der Waals surface area contributed by atoms with Crippen LogP contribution in [0.1, 0.15) is 114 Å². The molecule has 1 heterocycles. The fourth-order valence-corrected chi connectivity index (χ4v) is 7.05. The molecular formula is C43H78N12O12. The number of aliphatic carboxylic acids is 1. The summed E-state index contributed by atoms with van der Waals surface area (Å²) in [6.45, 7) is 16.1. The number of rotatable bonds is 28. The largest absolute Gasteiger partial charge is 0.480 e. The topological polar surface area (TPSA) is 392 Å². The fraction of sp³-hybridized carbons (Fsp3) is 0.767. The van der Waals surface area contributed by atoms with Crippen molar-refractivity contribution in [1.82, 2.24) is 42.1 Å². The second-order valence-electron chi connectivity index (χ2n) is 18.2. The van der Waals surface area contributed by atoms with Gasteiger partial charge in [0.05, 0.1) is 12.2 Å². The molecule has 12 atom stereocenters. The Morgan fingerprint density at radius 2 is 1.15 bits per heavy atom. The maximum absolute atomic E-state index is 14.1.